The van der Waals surface area contributed by atoms with E-state index in [2.05, 4.69) is 10.2 Å². The molecule has 0 unspecified atom stereocenters. The predicted molar refractivity (Wildman–Crippen MR) is 57.9 cm³/mol. The van der Waals surface area contributed by atoms with Gasteiger partial charge in [-0.2, -0.15) is 16.9 Å². The molecule has 3 nitrogen and oxygen atoms in total. The average molecular weight is 210 g/mol. The highest BCUT2D eigenvalue weighted by Gasteiger charge is 2.17. The maximum atomic E-state index is 4.98. The van der Waals surface area contributed by atoms with E-state index in [1.54, 1.807) is 7.11 Å². The minimum absolute atomic E-state index is 0.596. The molecule has 0 aromatic carbocycles. The molecule has 0 atom stereocenters. The summed E-state index contributed by atoms with van der Waals surface area (Å²) in [4.78, 5) is 0. The van der Waals surface area contributed by atoms with Crippen molar-refractivity contribution in [2.75, 3.05) is 18.6 Å². The summed E-state index contributed by atoms with van der Waals surface area (Å²) >= 11 is 2.03. The summed E-state index contributed by atoms with van der Waals surface area (Å²) in [5.74, 6) is 3.70. The van der Waals surface area contributed by atoms with E-state index < -0.39 is 0 Å². The number of ether oxygens (including phenoxy) is 1. The molecule has 1 aliphatic heterocycles. The Kier molecular flexibility index (Phi) is 3.24. The standard InChI is InChI=1S/C10H14N2OS/c1-13-10-3-2-9(11-12-10)8-4-6-14-7-5-8/h2-3,8H,4-7H2,1H3. The second-order valence-electron chi connectivity index (χ2n) is 3.39. The second kappa shape index (κ2) is 4.64. The van der Waals surface area contributed by atoms with Crippen LogP contribution in [0.1, 0.15) is 24.5 Å². The molecule has 0 spiro atoms. The fraction of sp³-hybridized carbons (Fsp3) is 0.600. The fourth-order valence-corrected chi connectivity index (χ4v) is 2.76. The SMILES string of the molecule is COc1ccc(C2CCSCC2)nn1. The quantitative estimate of drug-likeness (QED) is 0.748. The monoisotopic (exact) mass is 210 g/mol. The van der Waals surface area contributed by atoms with E-state index in [4.69, 9.17) is 4.74 Å². The molecule has 14 heavy (non-hydrogen) atoms. The molecule has 2 heterocycles. The lowest BCUT2D eigenvalue weighted by Gasteiger charge is -2.20. The minimum Gasteiger partial charge on any atom is -0.480 e. The Hall–Kier alpha value is -0.770. The maximum absolute atomic E-state index is 4.98. The molecule has 1 aliphatic rings. The van der Waals surface area contributed by atoms with Crippen molar-refractivity contribution in [3.05, 3.63) is 17.8 Å². The van der Waals surface area contributed by atoms with E-state index >= 15 is 0 Å². The van der Waals surface area contributed by atoms with Gasteiger partial charge in [-0.15, -0.1) is 5.10 Å². The third kappa shape index (κ3) is 2.18. The third-order valence-electron chi connectivity index (χ3n) is 2.51. The van der Waals surface area contributed by atoms with Gasteiger partial charge < -0.3 is 4.74 Å². The first-order valence-corrected chi connectivity index (χ1v) is 6.01. The molecular weight excluding hydrogens is 196 g/mol. The summed E-state index contributed by atoms with van der Waals surface area (Å²) in [6.07, 6.45) is 2.46. The molecule has 76 valence electrons. The molecule has 0 amide bonds. The summed E-state index contributed by atoms with van der Waals surface area (Å²) in [7, 11) is 1.61. The molecule has 1 aromatic rings. The van der Waals surface area contributed by atoms with Gasteiger partial charge in [0.25, 0.3) is 0 Å². The van der Waals surface area contributed by atoms with Gasteiger partial charge in [0, 0.05) is 12.0 Å². The molecule has 1 fully saturated rings. The highest BCUT2D eigenvalue weighted by Crippen LogP contribution is 2.30. The fourth-order valence-electron chi connectivity index (χ4n) is 1.65. The van der Waals surface area contributed by atoms with Crippen molar-refractivity contribution >= 4 is 11.8 Å². The van der Waals surface area contributed by atoms with Gasteiger partial charge >= 0.3 is 0 Å². The van der Waals surface area contributed by atoms with Gasteiger partial charge in [0.1, 0.15) is 0 Å². The molecule has 1 saturated heterocycles. The number of rotatable bonds is 2. The number of nitrogens with zero attached hydrogens (tertiary/aromatic N) is 2. The van der Waals surface area contributed by atoms with Gasteiger partial charge in [-0.25, -0.2) is 0 Å². The third-order valence-corrected chi connectivity index (χ3v) is 3.56. The molecule has 0 saturated carbocycles. The van der Waals surface area contributed by atoms with Crippen molar-refractivity contribution < 1.29 is 4.74 Å². The van der Waals surface area contributed by atoms with Crippen LogP contribution in [0.25, 0.3) is 0 Å². The lowest BCUT2D eigenvalue weighted by Crippen LogP contribution is -2.10. The number of aromatic nitrogens is 2. The van der Waals surface area contributed by atoms with Crippen molar-refractivity contribution in [2.45, 2.75) is 18.8 Å². The minimum atomic E-state index is 0.596. The Bertz CT molecular complexity index is 283. The highest BCUT2D eigenvalue weighted by molar-refractivity contribution is 7.99. The summed E-state index contributed by atoms with van der Waals surface area (Å²) in [6, 6.07) is 3.93. The maximum Gasteiger partial charge on any atom is 0.233 e. The van der Waals surface area contributed by atoms with Crippen molar-refractivity contribution in [3.8, 4) is 5.88 Å². The Morgan fingerprint density at radius 2 is 2.07 bits per heavy atom. The smallest absolute Gasteiger partial charge is 0.233 e. The summed E-state index contributed by atoms with van der Waals surface area (Å²) in [6.45, 7) is 0. The van der Waals surface area contributed by atoms with Crippen molar-refractivity contribution in [3.63, 3.8) is 0 Å². The average Bonchev–Trinajstić information content (AvgIpc) is 2.30. The zero-order valence-corrected chi connectivity index (χ0v) is 9.09. The molecule has 0 radical (unpaired) electrons. The first kappa shape index (κ1) is 9.77. The lowest BCUT2D eigenvalue weighted by molar-refractivity contribution is 0.390. The molecule has 0 bridgehead atoms. The first-order chi connectivity index (χ1) is 6.90. The van der Waals surface area contributed by atoms with Gasteiger partial charge in [-0.3, -0.25) is 0 Å². The normalized spacial score (nSPS) is 18.1. The van der Waals surface area contributed by atoms with E-state index in [1.165, 1.54) is 24.3 Å². The van der Waals surface area contributed by atoms with Gasteiger partial charge in [0.15, 0.2) is 0 Å². The zero-order valence-electron chi connectivity index (χ0n) is 8.27. The van der Waals surface area contributed by atoms with E-state index in [-0.39, 0.29) is 0 Å². The number of hydrogen-bond donors (Lipinski definition) is 0. The van der Waals surface area contributed by atoms with Crippen LogP contribution in [-0.4, -0.2) is 28.8 Å². The largest absolute Gasteiger partial charge is 0.480 e. The van der Waals surface area contributed by atoms with E-state index in [0.717, 1.165) is 5.69 Å². The van der Waals surface area contributed by atoms with E-state index in [9.17, 15) is 0 Å². The van der Waals surface area contributed by atoms with Crippen LogP contribution in [0, 0.1) is 0 Å². The lowest BCUT2D eigenvalue weighted by atomic mass is 9.99. The Labute approximate surface area is 88.3 Å². The number of thioether (sulfide) groups is 1. The van der Waals surface area contributed by atoms with Gasteiger partial charge in [0.2, 0.25) is 5.88 Å². The topological polar surface area (TPSA) is 35.0 Å². The molecule has 4 heteroatoms. The van der Waals surface area contributed by atoms with Crippen LogP contribution >= 0.6 is 11.8 Å². The van der Waals surface area contributed by atoms with Crippen LogP contribution in [0.2, 0.25) is 0 Å². The van der Waals surface area contributed by atoms with Crippen LogP contribution in [0.15, 0.2) is 12.1 Å². The highest BCUT2D eigenvalue weighted by atomic mass is 32.2. The summed E-state index contributed by atoms with van der Waals surface area (Å²) in [5.41, 5.74) is 1.12. The van der Waals surface area contributed by atoms with Gasteiger partial charge in [0.05, 0.1) is 12.8 Å². The van der Waals surface area contributed by atoms with Crippen LogP contribution < -0.4 is 4.74 Å². The Morgan fingerprint density at radius 3 is 2.64 bits per heavy atom. The molecule has 0 N–H and O–H groups in total. The molecular formula is C10H14N2OS. The summed E-state index contributed by atoms with van der Waals surface area (Å²) < 4.78 is 4.98. The van der Waals surface area contributed by atoms with Crippen molar-refractivity contribution in [2.24, 2.45) is 0 Å². The Morgan fingerprint density at radius 1 is 1.29 bits per heavy atom. The van der Waals surface area contributed by atoms with Crippen LogP contribution in [0.3, 0.4) is 0 Å². The van der Waals surface area contributed by atoms with E-state index in [1.807, 2.05) is 23.9 Å². The van der Waals surface area contributed by atoms with Crippen molar-refractivity contribution in [1.82, 2.24) is 10.2 Å². The predicted octanol–water partition coefficient (Wildman–Crippen LogP) is 2.10. The second-order valence-corrected chi connectivity index (χ2v) is 4.61. The molecule has 2 rings (SSSR count). The van der Waals surface area contributed by atoms with Gasteiger partial charge in [-0.1, -0.05) is 0 Å². The Balaban J connectivity index is 2.07. The zero-order chi connectivity index (χ0) is 9.80. The van der Waals surface area contributed by atoms with E-state index in [0.29, 0.717) is 11.8 Å². The van der Waals surface area contributed by atoms with Crippen LogP contribution in [0.4, 0.5) is 0 Å². The molecule has 0 aliphatic carbocycles. The van der Waals surface area contributed by atoms with Gasteiger partial charge in [-0.05, 0) is 30.4 Å². The number of methoxy groups -OCH3 is 1. The first-order valence-electron chi connectivity index (χ1n) is 4.85. The number of hydrogen-bond acceptors (Lipinski definition) is 4. The van der Waals surface area contributed by atoms with Crippen molar-refractivity contribution in [1.29, 1.82) is 0 Å². The van der Waals surface area contributed by atoms with Crippen LogP contribution in [-0.2, 0) is 0 Å². The summed E-state index contributed by atoms with van der Waals surface area (Å²) in [5, 5.41) is 8.18. The van der Waals surface area contributed by atoms with Crippen LogP contribution in [0.5, 0.6) is 5.88 Å². The molecule has 1 aromatic heterocycles.